The van der Waals surface area contributed by atoms with Gasteiger partial charge in [0.15, 0.2) is 0 Å². The lowest BCUT2D eigenvalue weighted by Gasteiger charge is -2.10. The highest BCUT2D eigenvalue weighted by molar-refractivity contribution is 6.22. The number of carboxylic acid groups (broad SMARTS) is 1. The summed E-state index contributed by atoms with van der Waals surface area (Å²) in [5.41, 5.74) is -0.349. The van der Waals surface area contributed by atoms with E-state index in [4.69, 9.17) is 5.11 Å². The van der Waals surface area contributed by atoms with Crippen LogP contribution in [0, 0.1) is 5.41 Å². The van der Waals surface area contributed by atoms with Crippen LogP contribution in [-0.4, -0.2) is 24.2 Å². The Morgan fingerprint density at radius 1 is 1.25 bits per heavy atom. The fourth-order valence-electron chi connectivity index (χ4n) is 1.70. The van der Waals surface area contributed by atoms with E-state index in [1.54, 1.807) is 24.3 Å². The van der Waals surface area contributed by atoms with Gasteiger partial charge in [-0.25, -0.2) is 0 Å². The van der Waals surface area contributed by atoms with Crippen LogP contribution in [0.25, 0.3) is 5.57 Å². The second-order valence-corrected chi connectivity index (χ2v) is 3.53. The number of esters is 1. The summed E-state index contributed by atoms with van der Waals surface area (Å²) in [6.45, 7) is 0. The van der Waals surface area contributed by atoms with Gasteiger partial charge in [0.05, 0.1) is 7.11 Å². The summed E-state index contributed by atoms with van der Waals surface area (Å²) < 4.78 is 4.52. The average molecular weight is 218 g/mol. The minimum absolute atomic E-state index is 0.493. The van der Waals surface area contributed by atoms with Crippen LogP contribution in [0.4, 0.5) is 0 Å². The first-order chi connectivity index (χ1) is 7.63. The summed E-state index contributed by atoms with van der Waals surface area (Å²) in [5, 5.41) is 9.08. The molecule has 4 nitrogen and oxygen atoms in total. The SMILES string of the molecule is COC(=O)C1(C(=O)O)C=C1c1ccccc1. The summed E-state index contributed by atoms with van der Waals surface area (Å²) in [5.74, 6) is -1.95. The predicted octanol–water partition coefficient (Wildman–Crippen LogP) is 1.33. The molecular formula is C12H10O4. The van der Waals surface area contributed by atoms with Gasteiger partial charge in [0.25, 0.3) is 0 Å². The number of benzene rings is 1. The van der Waals surface area contributed by atoms with Crippen molar-refractivity contribution in [3.8, 4) is 0 Å². The van der Waals surface area contributed by atoms with Gasteiger partial charge >= 0.3 is 11.9 Å². The van der Waals surface area contributed by atoms with Crippen molar-refractivity contribution in [3.63, 3.8) is 0 Å². The Kier molecular flexibility index (Phi) is 2.27. The molecule has 0 amide bonds. The predicted molar refractivity (Wildman–Crippen MR) is 56.5 cm³/mol. The number of hydrogen-bond acceptors (Lipinski definition) is 3. The monoisotopic (exact) mass is 218 g/mol. The van der Waals surface area contributed by atoms with Crippen LogP contribution >= 0.6 is 0 Å². The molecule has 1 N–H and O–H groups in total. The maximum atomic E-state index is 11.5. The van der Waals surface area contributed by atoms with Crippen LogP contribution in [0.1, 0.15) is 5.56 Å². The highest BCUT2D eigenvalue weighted by atomic mass is 16.5. The van der Waals surface area contributed by atoms with Gasteiger partial charge in [-0.3, -0.25) is 9.59 Å². The van der Waals surface area contributed by atoms with Gasteiger partial charge in [-0.05, 0) is 17.2 Å². The Bertz CT molecular complexity index is 475. The number of carbonyl (C=O) groups is 2. The number of ether oxygens (including phenoxy) is 1. The summed E-state index contributed by atoms with van der Waals surface area (Å²) in [6, 6.07) is 8.93. The number of methoxy groups -OCH3 is 1. The zero-order valence-electron chi connectivity index (χ0n) is 8.64. The third kappa shape index (κ3) is 1.31. The molecule has 2 rings (SSSR count). The van der Waals surface area contributed by atoms with Crippen LogP contribution in [0.5, 0.6) is 0 Å². The first-order valence-corrected chi connectivity index (χ1v) is 4.73. The van der Waals surface area contributed by atoms with E-state index in [2.05, 4.69) is 4.74 Å². The second-order valence-electron chi connectivity index (χ2n) is 3.53. The number of aliphatic carboxylic acids is 1. The third-order valence-electron chi connectivity index (χ3n) is 2.63. The summed E-state index contributed by atoms with van der Waals surface area (Å²) in [7, 11) is 1.18. The van der Waals surface area contributed by atoms with E-state index in [-0.39, 0.29) is 0 Å². The fourth-order valence-corrected chi connectivity index (χ4v) is 1.70. The van der Waals surface area contributed by atoms with Crippen LogP contribution < -0.4 is 0 Å². The van der Waals surface area contributed by atoms with Crippen LogP contribution in [0.2, 0.25) is 0 Å². The largest absolute Gasteiger partial charge is 0.480 e. The molecule has 1 aliphatic rings. The van der Waals surface area contributed by atoms with Crippen molar-refractivity contribution in [3.05, 3.63) is 42.0 Å². The summed E-state index contributed by atoms with van der Waals surface area (Å²) in [4.78, 5) is 22.6. The lowest BCUT2D eigenvalue weighted by atomic mass is 9.96. The third-order valence-corrected chi connectivity index (χ3v) is 2.63. The first-order valence-electron chi connectivity index (χ1n) is 4.73. The molecule has 1 unspecified atom stereocenters. The number of carboxylic acids is 1. The molecule has 0 spiro atoms. The van der Waals surface area contributed by atoms with Gasteiger partial charge in [-0.2, -0.15) is 0 Å². The molecule has 0 saturated carbocycles. The highest BCUT2D eigenvalue weighted by Crippen LogP contribution is 2.51. The van der Waals surface area contributed by atoms with Gasteiger partial charge in [0.2, 0.25) is 5.41 Å². The zero-order valence-corrected chi connectivity index (χ0v) is 8.64. The van der Waals surface area contributed by atoms with Crippen LogP contribution in [0.15, 0.2) is 36.4 Å². The molecule has 0 heterocycles. The fraction of sp³-hybridized carbons (Fsp3) is 0.167. The van der Waals surface area contributed by atoms with E-state index < -0.39 is 17.4 Å². The van der Waals surface area contributed by atoms with E-state index in [1.807, 2.05) is 6.07 Å². The second kappa shape index (κ2) is 3.48. The molecule has 82 valence electrons. The van der Waals surface area contributed by atoms with E-state index in [1.165, 1.54) is 13.2 Å². The average Bonchev–Trinajstić information content (AvgIpc) is 3.06. The molecule has 4 heteroatoms. The molecular weight excluding hydrogens is 208 g/mol. The quantitative estimate of drug-likeness (QED) is 0.614. The molecule has 1 atom stereocenters. The number of rotatable bonds is 3. The van der Waals surface area contributed by atoms with Crippen LogP contribution in [0.3, 0.4) is 0 Å². The Morgan fingerprint density at radius 3 is 2.38 bits per heavy atom. The smallest absolute Gasteiger partial charge is 0.331 e. The van der Waals surface area contributed by atoms with Gasteiger partial charge in [0, 0.05) is 0 Å². The van der Waals surface area contributed by atoms with E-state index in [9.17, 15) is 9.59 Å². The molecule has 1 aliphatic carbocycles. The Hall–Kier alpha value is -2.10. The van der Waals surface area contributed by atoms with Crippen molar-refractivity contribution in [2.45, 2.75) is 0 Å². The maximum Gasteiger partial charge on any atom is 0.331 e. The molecule has 0 aliphatic heterocycles. The lowest BCUT2D eigenvalue weighted by molar-refractivity contribution is -0.156. The van der Waals surface area contributed by atoms with Gasteiger partial charge in [0.1, 0.15) is 0 Å². The Balaban J connectivity index is 2.33. The standard InChI is InChI=1S/C12H10O4/c1-16-11(15)12(10(13)14)7-9(12)8-5-3-2-4-6-8/h2-7H,1H3,(H,13,14). The van der Waals surface area contributed by atoms with Crippen molar-refractivity contribution in [2.24, 2.45) is 5.41 Å². The Morgan fingerprint density at radius 2 is 1.88 bits per heavy atom. The molecule has 16 heavy (non-hydrogen) atoms. The summed E-state index contributed by atoms with van der Waals surface area (Å²) in [6.07, 6.45) is 1.41. The number of carbonyl (C=O) groups excluding carboxylic acids is 1. The minimum atomic E-state index is -1.57. The number of hydrogen-bond donors (Lipinski definition) is 1. The van der Waals surface area contributed by atoms with Gasteiger partial charge in [-0.15, -0.1) is 0 Å². The molecule has 0 aromatic heterocycles. The zero-order chi connectivity index (χ0) is 11.8. The minimum Gasteiger partial charge on any atom is -0.480 e. The molecule has 0 radical (unpaired) electrons. The van der Waals surface area contributed by atoms with E-state index in [0.29, 0.717) is 5.57 Å². The van der Waals surface area contributed by atoms with E-state index in [0.717, 1.165) is 5.56 Å². The van der Waals surface area contributed by atoms with Crippen molar-refractivity contribution in [1.29, 1.82) is 0 Å². The van der Waals surface area contributed by atoms with Crippen LogP contribution in [-0.2, 0) is 14.3 Å². The van der Waals surface area contributed by atoms with Gasteiger partial charge < -0.3 is 9.84 Å². The molecule has 1 aromatic carbocycles. The van der Waals surface area contributed by atoms with Crippen molar-refractivity contribution >= 4 is 17.5 Å². The van der Waals surface area contributed by atoms with E-state index >= 15 is 0 Å². The van der Waals surface area contributed by atoms with Crippen molar-refractivity contribution in [1.82, 2.24) is 0 Å². The normalized spacial score (nSPS) is 22.2. The van der Waals surface area contributed by atoms with Crippen molar-refractivity contribution < 1.29 is 19.4 Å². The molecule has 0 fully saturated rings. The lowest BCUT2D eigenvalue weighted by Crippen LogP contribution is -2.29. The summed E-state index contributed by atoms with van der Waals surface area (Å²) >= 11 is 0. The highest BCUT2D eigenvalue weighted by Gasteiger charge is 2.59. The molecule has 0 bridgehead atoms. The maximum absolute atomic E-state index is 11.5. The first kappa shape index (κ1) is 10.4. The van der Waals surface area contributed by atoms with Gasteiger partial charge in [-0.1, -0.05) is 30.3 Å². The Labute approximate surface area is 92.2 Å². The topological polar surface area (TPSA) is 63.6 Å². The molecule has 1 aromatic rings. The molecule has 0 saturated heterocycles. The van der Waals surface area contributed by atoms with Crippen molar-refractivity contribution in [2.75, 3.05) is 7.11 Å².